The average Bonchev–Trinajstić information content (AvgIpc) is 3.15. The SMILES string of the molecule is Cn1c(=O)c(C(=O)COC(=O)Cn2c(=O)oc3ccccc32)c(N)n(Cc2ccccc2)c1=O. The molecule has 2 aromatic carbocycles. The van der Waals surface area contributed by atoms with Gasteiger partial charge in [0.05, 0.1) is 12.1 Å². The first kappa shape index (κ1) is 22.5. The van der Waals surface area contributed by atoms with E-state index in [9.17, 15) is 24.0 Å². The Morgan fingerprint density at radius 2 is 1.65 bits per heavy atom. The van der Waals surface area contributed by atoms with Crippen molar-refractivity contribution in [1.82, 2.24) is 13.7 Å². The number of esters is 1. The molecule has 0 unspecified atom stereocenters. The minimum absolute atomic E-state index is 0.0379. The summed E-state index contributed by atoms with van der Waals surface area (Å²) in [6, 6.07) is 15.4. The van der Waals surface area contributed by atoms with Gasteiger partial charge in [0.2, 0.25) is 5.78 Å². The molecular weight excluding hydrogens is 444 g/mol. The maximum absolute atomic E-state index is 12.8. The van der Waals surface area contributed by atoms with Crippen LogP contribution in [-0.4, -0.2) is 32.1 Å². The first-order valence-electron chi connectivity index (χ1n) is 10.2. The van der Waals surface area contributed by atoms with E-state index < -0.39 is 47.5 Å². The normalized spacial score (nSPS) is 11.0. The number of carbonyl (C=O) groups is 2. The molecule has 0 bridgehead atoms. The number of aromatic nitrogens is 3. The van der Waals surface area contributed by atoms with Gasteiger partial charge in [0, 0.05) is 7.05 Å². The molecular formula is C23H20N4O7. The van der Waals surface area contributed by atoms with Crippen LogP contribution < -0.4 is 22.7 Å². The zero-order valence-electron chi connectivity index (χ0n) is 18.1. The van der Waals surface area contributed by atoms with Gasteiger partial charge in [-0.2, -0.15) is 0 Å². The van der Waals surface area contributed by atoms with E-state index in [0.29, 0.717) is 11.1 Å². The number of hydrogen-bond donors (Lipinski definition) is 1. The largest absolute Gasteiger partial charge is 0.456 e. The quantitative estimate of drug-likeness (QED) is 0.307. The number of para-hydroxylation sites is 2. The molecule has 34 heavy (non-hydrogen) atoms. The standard InChI is InChI=1S/C23H20N4O7/c1-25-21(30)19(20(24)27(22(25)31)11-14-7-3-2-4-8-14)16(28)13-33-18(29)12-26-15-9-5-6-10-17(15)34-23(26)32/h2-10H,11-13,24H2,1H3. The van der Waals surface area contributed by atoms with Gasteiger partial charge in [-0.05, 0) is 17.7 Å². The summed E-state index contributed by atoms with van der Waals surface area (Å²) in [5.41, 5.74) is 5.41. The predicted molar refractivity (Wildman–Crippen MR) is 122 cm³/mol. The molecule has 0 atom stereocenters. The summed E-state index contributed by atoms with van der Waals surface area (Å²) >= 11 is 0. The Hall–Kier alpha value is -4.67. The van der Waals surface area contributed by atoms with Crippen LogP contribution in [0.3, 0.4) is 0 Å². The molecule has 4 aromatic rings. The second kappa shape index (κ2) is 9.06. The summed E-state index contributed by atoms with van der Waals surface area (Å²) in [5, 5.41) is 0. The molecule has 0 saturated carbocycles. The van der Waals surface area contributed by atoms with Gasteiger partial charge in [0.1, 0.15) is 17.9 Å². The molecule has 0 saturated heterocycles. The molecule has 0 aliphatic heterocycles. The van der Waals surface area contributed by atoms with E-state index in [4.69, 9.17) is 14.9 Å². The van der Waals surface area contributed by atoms with Crippen LogP contribution in [0.5, 0.6) is 0 Å². The van der Waals surface area contributed by atoms with Gasteiger partial charge in [-0.25, -0.2) is 9.59 Å². The number of rotatable bonds is 7. The molecule has 2 aromatic heterocycles. The van der Waals surface area contributed by atoms with Crippen LogP contribution in [-0.2, 0) is 29.7 Å². The lowest BCUT2D eigenvalue weighted by molar-refractivity contribution is -0.143. The van der Waals surface area contributed by atoms with Gasteiger partial charge in [-0.15, -0.1) is 0 Å². The number of Topliss-reactive ketones (excluding diaryl/α,β-unsaturated/α-hetero) is 1. The van der Waals surface area contributed by atoms with E-state index in [-0.39, 0.29) is 12.4 Å². The fraction of sp³-hybridized carbons (Fsp3) is 0.174. The fourth-order valence-electron chi connectivity index (χ4n) is 3.52. The van der Waals surface area contributed by atoms with Crippen LogP contribution in [0.4, 0.5) is 5.82 Å². The number of nitrogen functional groups attached to an aromatic ring is 1. The van der Waals surface area contributed by atoms with Gasteiger partial charge in [0.25, 0.3) is 5.56 Å². The van der Waals surface area contributed by atoms with Gasteiger partial charge in [-0.1, -0.05) is 42.5 Å². The van der Waals surface area contributed by atoms with Crippen molar-refractivity contribution < 1.29 is 18.7 Å². The Morgan fingerprint density at radius 3 is 2.38 bits per heavy atom. The maximum Gasteiger partial charge on any atom is 0.420 e. The zero-order valence-corrected chi connectivity index (χ0v) is 18.1. The van der Waals surface area contributed by atoms with E-state index in [1.165, 1.54) is 7.05 Å². The minimum Gasteiger partial charge on any atom is -0.456 e. The van der Waals surface area contributed by atoms with Crippen molar-refractivity contribution >= 4 is 28.7 Å². The number of ether oxygens (including phenoxy) is 1. The highest BCUT2D eigenvalue weighted by molar-refractivity contribution is 6.01. The molecule has 174 valence electrons. The summed E-state index contributed by atoms with van der Waals surface area (Å²) in [4.78, 5) is 62.3. The first-order chi connectivity index (χ1) is 16.3. The Balaban J connectivity index is 1.55. The van der Waals surface area contributed by atoms with Gasteiger partial charge in [0.15, 0.2) is 12.2 Å². The van der Waals surface area contributed by atoms with Gasteiger partial charge < -0.3 is 14.9 Å². The third kappa shape index (κ3) is 4.18. The number of ketones is 1. The number of fused-ring (bicyclic) bond motifs is 1. The predicted octanol–water partition coefficient (Wildman–Crippen LogP) is 0.511. The minimum atomic E-state index is -0.898. The average molecular weight is 464 g/mol. The number of carbonyl (C=O) groups excluding carboxylic acids is 2. The van der Waals surface area contributed by atoms with Gasteiger partial charge >= 0.3 is 17.4 Å². The zero-order chi connectivity index (χ0) is 24.4. The second-order valence-electron chi connectivity index (χ2n) is 7.48. The topological polar surface area (TPSA) is 149 Å². The molecule has 4 rings (SSSR count). The monoisotopic (exact) mass is 464 g/mol. The molecule has 0 aliphatic carbocycles. The lowest BCUT2D eigenvalue weighted by Gasteiger charge is -2.14. The van der Waals surface area contributed by atoms with Crippen molar-refractivity contribution in [1.29, 1.82) is 0 Å². The highest BCUT2D eigenvalue weighted by Crippen LogP contribution is 2.12. The lowest BCUT2D eigenvalue weighted by atomic mass is 10.2. The number of benzene rings is 2. The van der Waals surface area contributed by atoms with Crippen molar-refractivity contribution in [3.8, 4) is 0 Å². The molecule has 11 nitrogen and oxygen atoms in total. The van der Waals surface area contributed by atoms with Crippen LogP contribution in [0.25, 0.3) is 11.1 Å². The number of nitrogens with two attached hydrogens (primary N) is 1. The van der Waals surface area contributed by atoms with Gasteiger partial charge in [-0.3, -0.25) is 28.1 Å². The van der Waals surface area contributed by atoms with Crippen LogP contribution >= 0.6 is 0 Å². The van der Waals surface area contributed by atoms with Crippen molar-refractivity contribution in [2.75, 3.05) is 12.3 Å². The molecule has 2 heterocycles. The molecule has 0 spiro atoms. The van der Waals surface area contributed by atoms with Crippen LogP contribution in [0.2, 0.25) is 0 Å². The van der Waals surface area contributed by atoms with E-state index >= 15 is 0 Å². The summed E-state index contributed by atoms with van der Waals surface area (Å²) < 4.78 is 13.0. The van der Waals surface area contributed by atoms with Crippen molar-refractivity contribution in [2.24, 2.45) is 7.05 Å². The molecule has 0 radical (unpaired) electrons. The number of anilines is 1. The highest BCUT2D eigenvalue weighted by atomic mass is 16.5. The molecule has 11 heteroatoms. The summed E-state index contributed by atoms with van der Waals surface area (Å²) in [5.74, 6) is -2.85. The molecule has 0 fully saturated rings. The summed E-state index contributed by atoms with van der Waals surface area (Å²) in [6.45, 7) is -1.26. The van der Waals surface area contributed by atoms with Crippen molar-refractivity contribution in [3.63, 3.8) is 0 Å². The Labute approximate surface area is 191 Å². The highest BCUT2D eigenvalue weighted by Gasteiger charge is 2.23. The van der Waals surface area contributed by atoms with Crippen LogP contribution in [0, 0.1) is 0 Å². The van der Waals surface area contributed by atoms with Crippen molar-refractivity contribution in [2.45, 2.75) is 13.1 Å². The molecule has 0 aliphatic rings. The third-order valence-electron chi connectivity index (χ3n) is 5.27. The third-order valence-corrected chi connectivity index (χ3v) is 5.27. The summed E-state index contributed by atoms with van der Waals surface area (Å²) in [6.07, 6.45) is 0. The van der Waals surface area contributed by atoms with Crippen LogP contribution in [0.15, 0.2) is 73.4 Å². The smallest absolute Gasteiger partial charge is 0.420 e. The summed E-state index contributed by atoms with van der Waals surface area (Å²) in [7, 11) is 1.23. The number of oxazole rings is 1. The van der Waals surface area contributed by atoms with Crippen molar-refractivity contribution in [3.05, 3.63) is 97.1 Å². The molecule has 2 N–H and O–H groups in total. The van der Waals surface area contributed by atoms with E-state index in [0.717, 1.165) is 19.3 Å². The Kier molecular flexibility index (Phi) is 6.00. The number of nitrogens with zero attached hydrogens (tertiary/aromatic N) is 3. The number of hydrogen-bond acceptors (Lipinski definition) is 8. The second-order valence-corrected chi connectivity index (χ2v) is 7.48. The maximum atomic E-state index is 12.8. The van der Waals surface area contributed by atoms with Crippen LogP contribution in [0.1, 0.15) is 15.9 Å². The first-order valence-corrected chi connectivity index (χ1v) is 10.2. The molecule has 0 amide bonds. The Morgan fingerprint density at radius 1 is 0.971 bits per heavy atom. The van der Waals surface area contributed by atoms with E-state index in [1.807, 2.05) is 0 Å². The van der Waals surface area contributed by atoms with E-state index in [1.54, 1.807) is 54.6 Å². The fourth-order valence-corrected chi connectivity index (χ4v) is 3.52. The lowest BCUT2D eigenvalue weighted by Crippen LogP contribution is -2.43. The van der Waals surface area contributed by atoms with E-state index in [2.05, 4.69) is 0 Å². The Bertz CT molecular complexity index is 1580.